The topological polar surface area (TPSA) is 116 Å². The van der Waals surface area contributed by atoms with Crippen molar-refractivity contribution in [1.29, 1.82) is 0 Å². The number of carbonyl (C=O) groups excluding carboxylic acids is 1. The number of hydrogen-bond acceptors (Lipinski definition) is 6. The van der Waals surface area contributed by atoms with Gasteiger partial charge >= 0.3 is 5.97 Å². The van der Waals surface area contributed by atoms with Crippen LogP contribution in [0.5, 0.6) is 0 Å². The van der Waals surface area contributed by atoms with Crippen LogP contribution < -0.4 is 16.0 Å². The van der Waals surface area contributed by atoms with Crippen LogP contribution >= 0.6 is 12.4 Å². The van der Waals surface area contributed by atoms with Crippen molar-refractivity contribution in [1.82, 2.24) is 15.3 Å². The molecule has 1 aromatic heterocycles. The van der Waals surface area contributed by atoms with Crippen molar-refractivity contribution in [2.75, 3.05) is 23.7 Å². The van der Waals surface area contributed by atoms with Gasteiger partial charge in [-0.1, -0.05) is 12.5 Å². The van der Waals surface area contributed by atoms with E-state index in [0.29, 0.717) is 30.6 Å². The maximum atomic E-state index is 11.9. The van der Waals surface area contributed by atoms with Crippen LogP contribution in [0.4, 0.5) is 17.5 Å². The number of aromatic nitrogens is 2. The monoisotopic (exact) mass is 445 g/mol. The SMILES string of the molecule is Cl.O=C(O)c1cccc(Nc2ncc(C3CC3)c(NCCCNC(=O)C3CCC3)n2)c1. The molecule has 0 radical (unpaired) electrons. The first-order valence-corrected chi connectivity index (χ1v) is 10.6. The third-order valence-electron chi connectivity index (χ3n) is 5.62. The highest BCUT2D eigenvalue weighted by atomic mass is 35.5. The van der Waals surface area contributed by atoms with Crippen molar-refractivity contribution < 1.29 is 14.7 Å². The lowest BCUT2D eigenvalue weighted by atomic mass is 9.85. The van der Waals surface area contributed by atoms with Gasteiger partial charge in [-0.25, -0.2) is 9.78 Å². The fourth-order valence-corrected chi connectivity index (χ4v) is 3.47. The lowest BCUT2D eigenvalue weighted by molar-refractivity contribution is -0.127. The normalized spacial score (nSPS) is 15.4. The molecule has 0 unspecified atom stereocenters. The Balaban J connectivity index is 0.00000272. The summed E-state index contributed by atoms with van der Waals surface area (Å²) in [6.45, 7) is 1.36. The minimum absolute atomic E-state index is 0. The smallest absolute Gasteiger partial charge is 0.335 e. The number of carboxylic acid groups (broad SMARTS) is 1. The van der Waals surface area contributed by atoms with E-state index < -0.39 is 5.97 Å². The number of nitrogens with zero attached hydrogens (tertiary/aromatic N) is 2. The minimum atomic E-state index is -0.976. The molecule has 0 bridgehead atoms. The van der Waals surface area contributed by atoms with E-state index in [9.17, 15) is 9.59 Å². The molecule has 0 spiro atoms. The second-order valence-electron chi connectivity index (χ2n) is 7.98. The van der Waals surface area contributed by atoms with Gasteiger partial charge in [0.05, 0.1) is 5.56 Å². The number of aromatic carboxylic acids is 1. The van der Waals surface area contributed by atoms with Gasteiger partial charge in [-0.3, -0.25) is 4.79 Å². The van der Waals surface area contributed by atoms with E-state index in [1.54, 1.807) is 24.3 Å². The van der Waals surface area contributed by atoms with Gasteiger partial charge in [0.25, 0.3) is 0 Å². The summed E-state index contributed by atoms with van der Waals surface area (Å²) < 4.78 is 0. The first-order chi connectivity index (χ1) is 14.6. The van der Waals surface area contributed by atoms with Gasteiger partial charge in [-0.15, -0.1) is 12.4 Å². The highest BCUT2D eigenvalue weighted by Crippen LogP contribution is 2.42. The molecule has 0 atom stereocenters. The number of halogens is 1. The average Bonchev–Trinajstić information content (AvgIpc) is 3.52. The van der Waals surface area contributed by atoms with Crippen LogP contribution in [0, 0.1) is 5.92 Å². The molecule has 4 N–H and O–H groups in total. The Hall–Kier alpha value is -2.87. The van der Waals surface area contributed by atoms with E-state index in [0.717, 1.165) is 49.9 Å². The quantitative estimate of drug-likeness (QED) is 0.409. The zero-order valence-electron chi connectivity index (χ0n) is 17.3. The van der Waals surface area contributed by atoms with Gasteiger partial charge in [0, 0.05) is 36.5 Å². The molecule has 2 fully saturated rings. The van der Waals surface area contributed by atoms with Gasteiger partial charge in [-0.05, 0) is 56.2 Å². The van der Waals surface area contributed by atoms with E-state index in [1.807, 2.05) is 6.20 Å². The molecule has 0 saturated heterocycles. The van der Waals surface area contributed by atoms with Crippen molar-refractivity contribution >= 4 is 41.7 Å². The standard InChI is InChI=1S/C22H27N5O3.ClH/c28-20(15-4-1-5-15)24-11-3-10-23-19-18(14-8-9-14)13-25-22(27-19)26-17-7-2-6-16(12-17)21(29)30;/h2,6-7,12-15H,1,3-5,8-11H2,(H,24,28)(H,29,30)(H2,23,25,26,27);1H. The Kier molecular flexibility index (Phi) is 7.68. The van der Waals surface area contributed by atoms with E-state index in [1.165, 1.54) is 0 Å². The summed E-state index contributed by atoms with van der Waals surface area (Å²) in [7, 11) is 0. The fourth-order valence-electron chi connectivity index (χ4n) is 3.47. The van der Waals surface area contributed by atoms with Crippen LogP contribution in [-0.2, 0) is 4.79 Å². The number of nitrogens with one attached hydrogen (secondary N) is 3. The molecular weight excluding hydrogens is 418 g/mol. The number of carboxylic acids is 1. The minimum Gasteiger partial charge on any atom is -0.478 e. The van der Waals surface area contributed by atoms with Crippen molar-refractivity contribution in [3.63, 3.8) is 0 Å². The first-order valence-electron chi connectivity index (χ1n) is 10.6. The number of benzene rings is 1. The second-order valence-corrected chi connectivity index (χ2v) is 7.98. The predicted molar refractivity (Wildman–Crippen MR) is 121 cm³/mol. The van der Waals surface area contributed by atoms with Crippen LogP contribution in [0.25, 0.3) is 0 Å². The van der Waals surface area contributed by atoms with Crippen LogP contribution in [0.1, 0.15) is 60.4 Å². The number of amides is 1. The summed E-state index contributed by atoms with van der Waals surface area (Å²) >= 11 is 0. The molecule has 0 aliphatic heterocycles. The molecule has 2 saturated carbocycles. The molecule has 1 aromatic carbocycles. The maximum Gasteiger partial charge on any atom is 0.335 e. The Morgan fingerprint density at radius 1 is 1.13 bits per heavy atom. The number of carbonyl (C=O) groups is 2. The van der Waals surface area contributed by atoms with Gasteiger partial charge in [0.2, 0.25) is 11.9 Å². The molecule has 166 valence electrons. The summed E-state index contributed by atoms with van der Waals surface area (Å²) in [5.74, 6) is 1.13. The zero-order valence-corrected chi connectivity index (χ0v) is 18.1. The third-order valence-corrected chi connectivity index (χ3v) is 5.62. The Labute approximate surface area is 187 Å². The molecule has 1 amide bonds. The van der Waals surface area contributed by atoms with E-state index in [4.69, 9.17) is 5.11 Å². The van der Waals surface area contributed by atoms with Crippen LogP contribution in [-0.4, -0.2) is 40.0 Å². The zero-order chi connectivity index (χ0) is 20.9. The highest BCUT2D eigenvalue weighted by Gasteiger charge is 2.28. The van der Waals surface area contributed by atoms with E-state index in [-0.39, 0.29) is 29.8 Å². The molecule has 2 aliphatic carbocycles. The van der Waals surface area contributed by atoms with E-state index >= 15 is 0 Å². The van der Waals surface area contributed by atoms with Gasteiger partial charge in [-0.2, -0.15) is 4.98 Å². The van der Waals surface area contributed by atoms with Gasteiger partial charge < -0.3 is 21.1 Å². The summed E-state index contributed by atoms with van der Waals surface area (Å²) in [5, 5.41) is 18.6. The summed E-state index contributed by atoms with van der Waals surface area (Å²) in [6.07, 6.45) is 8.13. The molecular formula is C22H28ClN5O3. The summed E-state index contributed by atoms with van der Waals surface area (Å²) in [6, 6.07) is 6.56. The van der Waals surface area contributed by atoms with Gasteiger partial charge in [0.15, 0.2) is 0 Å². The lowest BCUT2D eigenvalue weighted by Gasteiger charge is -2.24. The van der Waals surface area contributed by atoms with Crippen LogP contribution in [0.3, 0.4) is 0 Å². The Bertz CT molecular complexity index is 931. The van der Waals surface area contributed by atoms with Crippen LogP contribution in [0.2, 0.25) is 0 Å². The molecule has 1 heterocycles. The molecule has 2 aromatic rings. The average molecular weight is 446 g/mol. The van der Waals surface area contributed by atoms with Crippen molar-refractivity contribution in [3.05, 3.63) is 41.6 Å². The summed E-state index contributed by atoms with van der Waals surface area (Å²) in [4.78, 5) is 32.1. The van der Waals surface area contributed by atoms with Crippen LogP contribution in [0.15, 0.2) is 30.5 Å². The van der Waals surface area contributed by atoms with Crippen molar-refractivity contribution in [3.8, 4) is 0 Å². The van der Waals surface area contributed by atoms with Gasteiger partial charge in [0.1, 0.15) is 5.82 Å². The number of rotatable bonds is 10. The Morgan fingerprint density at radius 2 is 1.94 bits per heavy atom. The van der Waals surface area contributed by atoms with Crippen molar-refractivity contribution in [2.24, 2.45) is 5.92 Å². The van der Waals surface area contributed by atoms with Crippen molar-refractivity contribution in [2.45, 2.75) is 44.4 Å². The second kappa shape index (κ2) is 10.4. The summed E-state index contributed by atoms with van der Waals surface area (Å²) in [5.41, 5.74) is 1.94. The lowest BCUT2D eigenvalue weighted by Crippen LogP contribution is -2.35. The number of hydrogen-bond donors (Lipinski definition) is 4. The third kappa shape index (κ3) is 6.07. The molecule has 2 aliphatic rings. The molecule has 8 nitrogen and oxygen atoms in total. The molecule has 9 heteroatoms. The first kappa shape index (κ1) is 22.8. The van der Waals surface area contributed by atoms with E-state index in [2.05, 4.69) is 25.9 Å². The largest absolute Gasteiger partial charge is 0.478 e. The highest BCUT2D eigenvalue weighted by molar-refractivity contribution is 5.89. The molecule has 31 heavy (non-hydrogen) atoms. The predicted octanol–water partition coefficient (Wildman–Crippen LogP) is 3.94. The maximum absolute atomic E-state index is 11.9. The molecule has 4 rings (SSSR count). The Morgan fingerprint density at radius 3 is 2.61 bits per heavy atom. The fraction of sp³-hybridized carbons (Fsp3) is 0.455. The number of anilines is 3.